The fraction of sp³-hybridized carbons (Fsp3) is 0.429. The Bertz CT molecular complexity index is 447. The van der Waals surface area contributed by atoms with E-state index >= 15 is 0 Å². The molecule has 3 atom stereocenters. The number of hydrogen-bond acceptors (Lipinski definition) is 1. The molecule has 1 saturated carbocycles. The van der Waals surface area contributed by atoms with Gasteiger partial charge in [0.2, 0.25) is 0 Å². The van der Waals surface area contributed by atoms with Gasteiger partial charge in [0, 0.05) is 12.0 Å². The Labute approximate surface area is 104 Å². The molecular weight excluding hydrogens is 239 g/mol. The predicted octanol–water partition coefficient (Wildman–Crippen LogP) is 3.54. The first-order chi connectivity index (χ1) is 8.30. The molecule has 2 rings (SSSR count). The molecule has 0 saturated heterocycles. The van der Waals surface area contributed by atoms with Crippen molar-refractivity contribution >= 4 is 0 Å². The molecule has 18 heavy (non-hydrogen) atoms. The maximum atomic E-state index is 13.1. The summed E-state index contributed by atoms with van der Waals surface area (Å²) in [6, 6.07) is 6.59. The van der Waals surface area contributed by atoms with Crippen LogP contribution in [0.4, 0.5) is 13.2 Å². The van der Waals surface area contributed by atoms with Crippen molar-refractivity contribution in [3.8, 4) is 0 Å². The van der Waals surface area contributed by atoms with Crippen molar-refractivity contribution in [1.29, 1.82) is 0 Å². The molecule has 0 unspecified atom stereocenters. The summed E-state index contributed by atoms with van der Waals surface area (Å²) in [5, 5.41) is 0. The van der Waals surface area contributed by atoms with E-state index in [0.29, 0.717) is 5.56 Å². The molecule has 1 aromatic rings. The second-order valence-electron chi connectivity index (χ2n) is 4.98. The van der Waals surface area contributed by atoms with E-state index in [9.17, 15) is 13.2 Å². The van der Waals surface area contributed by atoms with Crippen molar-refractivity contribution in [3.05, 3.63) is 47.5 Å². The Kier molecular flexibility index (Phi) is 3.23. The number of rotatable bonds is 1. The largest absolute Gasteiger partial charge is 0.396 e. The molecule has 0 bridgehead atoms. The normalized spacial score (nSPS) is 28.7. The van der Waals surface area contributed by atoms with E-state index < -0.39 is 24.1 Å². The molecule has 1 aliphatic carbocycles. The van der Waals surface area contributed by atoms with Crippen molar-refractivity contribution in [2.75, 3.05) is 0 Å². The lowest BCUT2D eigenvalue weighted by atomic mass is 9.85. The monoisotopic (exact) mass is 255 g/mol. The van der Waals surface area contributed by atoms with Gasteiger partial charge in [0.05, 0.1) is 5.92 Å². The van der Waals surface area contributed by atoms with Gasteiger partial charge in [-0.3, -0.25) is 0 Å². The summed E-state index contributed by atoms with van der Waals surface area (Å²) in [6.45, 7) is 5.45. The Morgan fingerprint density at radius 2 is 1.78 bits per heavy atom. The van der Waals surface area contributed by atoms with Crippen LogP contribution >= 0.6 is 0 Å². The van der Waals surface area contributed by atoms with Gasteiger partial charge in [-0.1, -0.05) is 42.0 Å². The van der Waals surface area contributed by atoms with Crippen LogP contribution in [-0.4, -0.2) is 12.2 Å². The fourth-order valence-electron chi connectivity index (χ4n) is 2.72. The molecule has 0 spiro atoms. The van der Waals surface area contributed by atoms with Gasteiger partial charge in [0.1, 0.15) is 0 Å². The van der Waals surface area contributed by atoms with E-state index in [4.69, 9.17) is 5.73 Å². The molecule has 0 radical (unpaired) electrons. The zero-order valence-corrected chi connectivity index (χ0v) is 10.2. The van der Waals surface area contributed by atoms with Crippen molar-refractivity contribution < 1.29 is 13.2 Å². The van der Waals surface area contributed by atoms with Gasteiger partial charge in [-0.25, -0.2) is 0 Å². The molecule has 1 fully saturated rings. The van der Waals surface area contributed by atoms with Gasteiger partial charge in [-0.15, -0.1) is 0 Å². The van der Waals surface area contributed by atoms with Gasteiger partial charge in [0.15, 0.2) is 0 Å². The average Bonchev–Trinajstić information content (AvgIpc) is 2.54. The fourth-order valence-corrected chi connectivity index (χ4v) is 2.72. The van der Waals surface area contributed by atoms with Crippen LogP contribution in [0.3, 0.4) is 0 Å². The lowest BCUT2D eigenvalue weighted by Gasteiger charge is -2.25. The van der Waals surface area contributed by atoms with E-state index in [0.717, 1.165) is 5.56 Å². The predicted molar refractivity (Wildman–Crippen MR) is 65.2 cm³/mol. The Morgan fingerprint density at radius 1 is 1.22 bits per heavy atom. The van der Waals surface area contributed by atoms with E-state index in [1.807, 2.05) is 19.1 Å². The molecule has 2 N–H and O–H groups in total. The second-order valence-corrected chi connectivity index (χ2v) is 4.98. The standard InChI is InChI=1S/C14H16F3N/c1-8-3-5-10(6-4-8)12-11(18)7-9(2)13(12)14(15,16)17/h3-6,11-13H,2,7,18H2,1H3/t11-,12+,13-/m0/s1. The lowest BCUT2D eigenvalue weighted by Crippen LogP contribution is -2.32. The molecule has 0 heterocycles. The molecule has 1 nitrogen and oxygen atoms in total. The molecule has 0 amide bonds. The smallest absolute Gasteiger partial charge is 0.327 e. The van der Waals surface area contributed by atoms with Gasteiger partial charge in [0.25, 0.3) is 0 Å². The van der Waals surface area contributed by atoms with Crippen LogP contribution in [0.5, 0.6) is 0 Å². The SMILES string of the molecule is C=C1C[C@H](N)[C@@H](c2ccc(C)cc2)[C@H]1C(F)(F)F. The highest BCUT2D eigenvalue weighted by Crippen LogP contribution is 2.49. The van der Waals surface area contributed by atoms with Crippen molar-refractivity contribution in [2.24, 2.45) is 11.7 Å². The molecule has 4 heteroatoms. The summed E-state index contributed by atoms with van der Waals surface area (Å²) in [4.78, 5) is 0. The first kappa shape index (κ1) is 13.1. The van der Waals surface area contributed by atoms with Crippen molar-refractivity contribution in [1.82, 2.24) is 0 Å². The van der Waals surface area contributed by atoms with E-state index in [1.165, 1.54) is 0 Å². The number of benzene rings is 1. The van der Waals surface area contributed by atoms with Gasteiger partial charge < -0.3 is 5.73 Å². The molecule has 98 valence electrons. The minimum Gasteiger partial charge on any atom is -0.327 e. The highest BCUT2D eigenvalue weighted by molar-refractivity contribution is 5.33. The van der Waals surface area contributed by atoms with Crippen LogP contribution < -0.4 is 5.73 Å². The maximum Gasteiger partial charge on any atom is 0.396 e. The van der Waals surface area contributed by atoms with E-state index in [-0.39, 0.29) is 12.0 Å². The summed E-state index contributed by atoms with van der Waals surface area (Å²) < 4.78 is 39.2. The van der Waals surface area contributed by atoms with Crippen molar-refractivity contribution in [2.45, 2.75) is 31.5 Å². The number of hydrogen-bond donors (Lipinski definition) is 1. The third-order valence-corrected chi connectivity index (χ3v) is 3.57. The number of halogens is 3. The van der Waals surface area contributed by atoms with Gasteiger partial charge in [-0.2, -0.15) is 13.2 Å². The zero-order chi connectivity index (χ0) is 13.5. The van der Waals surface area contributed by atoms with E-state index in [2.05, 4.69) is 6.58 Å². The quantitative estimate of drug-likeness (QED) is 0.763. The minimum atomic E-state index is -4.28. The summed E-state index contributed by atoms with van der Waals surface area (Å²) in [5.74, 6) is -2.23. The van der Waals surface area contributed by atoms with Crippen LogP contribution in [-0.2, 0) is 0 Å². The van der Waals surface area contributed by atoms with Gasteiger partial charge in [-0.05, 0) is 18.9 Å². The Morgan fingerprint density at radius 3 is 2.28 bits per heavy atom. The molecule has 1 aliphatic rings. The van der Waals surface area contributed by atoms with Gasteiger partial charge >= 0.3 is 6.18 Å². The van der Waals surface area contributed by atoms with Crippen LogP contribution in [0, 0.1) is 12.8 Å². The average molecular weight is 255 g/mol. The lowest BCUT2D eigenvalue weighted by molar-refractivity contribution is -0.166. The molecule has 1 aromatic carbocycles. The third kappa shape index (κ3) is 2.29. The van der Waals surface area contributed by atoms with Crippen LogP contribution in [0.1, 0.15) is 23.5 Å². The summed E-state index contributed by atoms with van der Waals surface area (Å²) in [6.07, 6.45) is -4.04. The first-order valence-corrected chi connectivity index (χ1v) is 5.87. The summed E-state index contributed by atoms with van der Waals surface area (Å²) in [7, 11) is 0. The van der Waals surface area contributed by atoms with Crippen LogP contribution in [0.25, 0.3) is 0 Å². The first-order valence-electron chi connectivity index (χ1n) is 5.87. The van der Waals surface area contributed by atoms with Crippen LogP contribution in [0.15, 0.2) is 36.4 Å². The molecule has 0 aromatic heterocycles. The second kappa shape index (κ2) is 4.43. The number of nitrogens with two attached hydrogens (primary N) is 1. The number of aryl methyl sites for hydroxylation is 1. The van der Waals surface area contributed by atoms with Crippen LogP contribution in [0.2, 0.25) is 0 Å². The van der Waals surface area contributed by atoms with Crippen molar-refractivity contribution in [3.63, 3.8) is 0 Å². The Hall–Kier alpha value is -1.29. The molecule has 0 aliphatic heterocycles. The number of alkyl halides is 3. The zero-order valence-electron chi connectivity index (χ0n) is 10.2. The summed E-state index contributed by atoms with van der Waals surface area (Å²) >= 11 is 0. The maximum absolute atomic E-state index is 13.1. The highest BCUT2D eigenvalue weighted by Gasteiger charge is 2.52. The van der Waals surface area contributed by atoms with E-state index in [1.54, 1.807) is 12.1 Å². The summed E-state index contributed by atoms with van der Waals surface area (Å²) in [5.41, 5.74) is 7.73. The third-order valence-electron chi connectivity index (χ3n) is 3.57. The Balaban J connectivity index is 2.40. The minimum absolute atomic E-state index is 0.195. The molecular formula is C14H16F3N. The topological polar surface area (TPSA) is 26.0 Å². The highest BCUT2D eigenvalue weighted by atomic mass is 19.4.